The predicted octanol–water partition coefficient (Wildman–Crippen LogP) is 2.63. The number of aromatic nitrogens is 2. The van der Waals surface area contributed by atoms with E-state index in [1.165, 1.54) is 8.99 Å². The van der Waals surface area contributed by atoms with E-state index in [4.69, 9.17) is 11.6 Å². The minimum atomic E-state index is -3.73. The molecule has 1 fully saturated rings. The molecule has 2 aromatic rings. The van der Waals surface area contributed by atoms with Crippen molar-refractivity contribution >= 4 is 21.6 Å². The van der Waals surface area contributed by atoms with Gasteiger partial charge in [0.25, 0.3) is 0 Å². The number of aryl methyl sites for hydroxylation is 2. The normalized spacial score (nSPS) is 18.0. The lowest BCUT2D eigenvalue weighted by Crippen LogP contribution is -2.44. The molecule has 0 unspecified atom stereocenters. The molecule has 8 heteroatoms. The Morgan fingerprint density at radius 3 is 2.32 bits per heavy atom. The van der Waals surface area contributed by atoms with Gasteiger partial charge in [-0.2, -0.15) is 14.7 Å². The highest BCUT2D eigenvalue weighted by atomic mass is 35.5. The molecule has 0 atom stereocenters. The molecule has 1 aromatic heterocycles. The average molecular weight is 379 g/mol. The Morgan fingerprint density at radius 1 is 1.24 bits per heavy atom. The van der Waals surface area contributed by atoms with Gasteiger partial charge in [0.1, 0.15) is 10.0 Å². The van der Waals surface area contributed by atoms with Crippen molar-refractivity contribution in [2.75, 3.05) is 13.1 Å². The van der Waals surface area contributed by atoms with Crippen molar-refractivity contribution in [3.63, 3.8) is 0 Å². The molecular weight excluding hydrogens is 360 g/mol. The smallest absolute Gasteiger partial charge is 0.248 e. The van der Waals surface area contributed by atoms with E-state index in [1.807, 2.05) is 30.3 Å². The third-order valence-electron chi connectivity index (χ3n) is 4.81. The van der Waals surface area contributed by atoms with Gasteiger partial charge < -0.3 is 0 Å². The van der Waals surface area contributed by atoms with Crippen molar-refractivity contribution in [1.29, 1.82) is 5.26 Å². The van der Waals surface area contributed by atoms with Crippen LogP contribution in [0.5, 0.6) is 0 Å². The number of piperidine rings is 1. The largest absolute Gasteiger partial charge is 0.255 e. The molecule has 25 heavy (non-hydrogen) atoms. The molecule has 0 spiro atoms. The summed E-state index contributed by atoms with van der Waals surface area (Å²) in [4.78, 5) is 0.0563. The molecule has 1 aliphatic rings. The van der Waals surface area contributed by atoms with Gasteiger partial charge in [0.2, 0.25) is 10.0 Å². The van der Waals surface area contributed by atoms with E-state index in [0.717, 1.165) is 5.56 Å². The molecule has 0 saturated carbocycles. The minimum Gasteiger partial charge on any atom is -0.255 e. The Bertz CT molecular complexity index is 924. The summed E-state index contributed by atoms with van der Waals surface area (Å²) in [7, 11) is -2.12. The van der Waals surface area contributed by atoms with Crippen molar-refractivity contribution in [3.8, 4) is 6.07 Å². The fourth-order valence-electron chi connectivity index (χ4n) is 3.36. The molecule has 2 heterocycles. The second-order valence-corrected chi connectivity index (χ2v) is 8.53. The molecule has 3 rings (SSSR count). The summed E-state index contributed by atoms with van der Waals surface area (Å²) in [5.74, 6) is 0. The molecule has 0 amide bonds. The minimum absolute atomic E-state index is 0.0563. The highest BCUT2D eigenvalue weighted by Crippen LogP contribution is 2.37. The summed E-state index contributed by atoms with van der Waals surface area (Å²) in [5, 5.41) is 13.9. The first-order chi connectivity index (χ1) is 11.8. The summed E-state index contributed by atoms with van der Waals surface area (Å²) in [5.41, 5.74) is 0.666. The number of nitriles is 1. The van der Waals surface area contributed by atoms with E-state index in [0.29, 0.717) is 18.5 Å². The monoisotopic (exact) mass is 378 g/mol. The number of sulfonamides is 1. The number of rotatable bonds is 3. The maximum Gasteiger partial charge on any atom is 0.248 e. The summed E-state index contributed by atoms with van der Waals surface area (Å²) in [6.45, 7) is 2.18. The van der Waals surface area contributed by atoms with Crippen LogP contribution < -0.4 is 0 Å². The lowest BCUT2D eigenvalue weighted by atomic mass is 9.74. The Labute approximate surface area is 152 Å². The highest BCUT2D eigenvalue weighted by molar-refractivity contribution is 7.89. The van der Waals surface area contributed by atoms with Gasteiger partial charge in [-0.1, -0.05) is 41.9 Å². The fraction of sp³-hybridized carbons (Fsp3) is 0.412. The van der Waals surface area contributed by atoms with Gasteiger partial charge in [0.05, 0.1) is 17.2 Å². The van der Waals surface area contributed by atoms with Gasteiger partial charge in [0.15, 0.2) is 0 Å². The van der Waals surface area contributed by atoms with E-state index in [9.17, 15) is 13.7 Å². The van der Waals surface area contributed by atoms with Crippen molar-refractivity contribution in [3.05, 3.63) is 46.7 Å². The Kier molecular flexibility index (Phi) is 4.62. The van der Waals surface area contributed by atoms with Crippen LogP contribution in [-0.2, 0) is 22.5 Å². The molecule has 1 saturated heterocycles. The van der Waals surface area contributed by atoms with Crippen LogP contribution in [0.2, 0.25) is 5.15 Å². The fourth-order valence-corrected chi connectivity index (χ4v) is 5.51. The van der Waals surface area contributed by atoms with Crippen molar-refractivity contribution in [1.82, 2.24) is 14.1 Å². The summed E-state index contributed by atoms with van der Waals surface area (Å²) >= 11 is 6.14. The van der Waals surface area contributed by atoms with Crippen LogP contribution in [0.1, 0.15) is 24.1 Å². The number of hydrogen-bond donors (Lipinski definition) is 0. The van der Waals surface area contributed by atoms with E-state index in [-0.39, 0.29) is 23.1 Å². The molecule has 0 N–H and O–H groups in total. The second kappa shape index (κ2) is 6.45. The maximum atomic E-state index is 13.0. The molecule has 0 bridgehead atoms. The van der Waals surface area contributed by atoms with Crippen molar-refractivity contribution in [2.45, 2.75) is 30.1 Å². The number of halogens is 1. The first-order valence-corrected chi connectivity index (χ1v) is 9.80. The van der Waals surface area contributed by atoms with Gasteiger partial charge in [-0.15, -0.1) is 0 Å². The van der Waals surface area contributed by atoms with Crippen LogP contribution in [0, 0.1) is 18.3 Å². The SMILES string of the molecule is Cc1nn(C)c(Cl)c1S(=O)(=O)N1CCC(C#N)(c2ccccc2)CC1. The molecule has 6 nitrogen and oxygen atoms in total. The maximum absolute atomic E-state index is 13.0. The molecular formula is C17H19ClN4O2S. The third kappa shape index (κ3) is 2.95. The zero-order chi connectivity index (χ0) is 18.2. The highest BCUT2D eigenvalue weighted by Gasteiger charge is 2.41. The third-order valence-corrected chi connectivity index (χ3v) is 7.41. The Hall–Kier alpha value is -1.88. The van der Waals surface area contributed by atoms with Crippen molar-refractivity contribution < 1.29 is 8.42 Å². The number of benzene rings is 1. The van der Waals surface area contributed by atoms with Crippen LogP contribution in [0.15, 0.2) is 35.2 Å². The lowest BCUT2D eigenvalue weighted by Gasteiger charge is -2.36. The Balaban J connectivity index is 1.88. The van der Waals surface area contributed by atoms with Crippen LogP contribution in [-0.4, -0.2) is 35.6 Å². The summed E-state index contributed by atoms with van der Waals surface area (Å²) in [6.07, 6.45) is 0.896. The lowest BCUT2D eigenvalue weighted by molar-refractivity contribution is 0.277. The standard InChI is InChI=1S/C17H19ClN4O2S/c1-13-15(16(18)21(2)20-13)25(23,24)22-10-8-17(12-19,9-11-22)14-6-4-3-5-7-14/h3-7H,8-11H2,1-2H3. The van der Waals surface area contributed by atoms with Gasteiger partial charge in [-0.25, -0.2) is 8.42 Å². The zero-order valence-corrected chi connectivity index (χ0v) is 15.7. The second-order valence-electron chi connectivity index (χ2n) is 6.29. The van der Waals surface area contributed by atoms with Gasteiger partial charge in [0, 0.05) is 20.1 Å². The zero-order valence-electron chi connectivity index (χ0n) is 14.1. The van der Waals surface area contributed by atoms with Gasteiger partial charge in [-0.05, 0) is 25.3 Å². The first kappa shape index (κ1) is 17.9. The van der Waals surface area contributed by atoms with E-state index < -0.39 is 15.4 Å². The summed E-state index contributed by atoms with van der Waals surface area (Å²) < 4.78 is 28.7. The quantitative estimate of drug-likeness (QED) is 0.822. The topological polar surface area (TPSA) is 79.0 Å². The first-order valence-electron chi connectivity index (χ1n) is 7.98. The molecule has 0 aliphatic carbocycles. The van der Waals surface area contributed by atoms with Crippen LogP contribution in [0.3, 0.4) is 0 Å². The van der Waals surface area contributed by atoms with Crippen LogP contribution in [0.4, 0.5) is 0 Å². The van der Waals surface area contributed by atoms with Crippen LogP contribution >= 0.6 is 11.6 Å². The van der Waals surface area contributed by atoms with Crippen molar-refractivity contribution in [2.24, 2.45) is 7.05 Å². The van der Waals surface area contributed by atoms with Gasteiger partial charge in [-0.3, -0.25) is 4.68 Å². The van der Waals surface area contributed by atoms with E-state index in [1.54, 1.807) is 14.0 Å². The van der Waals surface area contributed by atoms with E-state index in [2.05, 4.69) is 11.2 Å². The molecule has 132 valence electrons. The Morgan fingerprint density at radius 2 is 1.84 bits per heavy atom. The number of nitrogens with zero attached hydrogens (tertiary/aromatic N) is 4. The average Bonchev–Trinajstić information content (AvgIpc) is 2.88. The molecule has 1 aromatic carbocycles. The number of hydrogen-bond acceptors (Lipinski definition) is 4. The molecule has 0 radical (unpaired) electrons. The predicted molar refractivity (Wildman–Crippen MR) is 94.7 cm³/mol. The van der Waals surface area contributed by atoms with Gasteiger partial charge >= 0.3 is 0 Å². The summed E-state index contributed by atoms with van der Waals surface area (Å²) in [6, 6.07) is 12.0. The molecule has 1 aliphatic heterocycles. The van der Waals surface area contributed by atoms with Crippen LogP contribution in [0.25, 0.3) is 0 Å². The van der Waals surface area contributed by atoms with E-state index >= 15 is 0 Å².